The summed E-state index contributed by atoms with van der Waals surface area (Å²) in [6.45, 7) is 7.70. The van der Waals surface area contributed by atoms with Gasteiger partial charge >= 0.3 is 0 Å². The maximum atomic E-state index is 11.8. The van der Waals surface area contributed by atoms with Crippen LogP contribution in [0, 0.1) is 0 Å². The molecule has 2 aromatic rings. The van der Waals surface area contributed by atoms with Crippen LogP contribution in [0.1, 0.15) is 42.6 Å². The van der Waals surface area contributed by atoms with Crippen LogP contribution >= 0.6 is 0 Å². The molecular weight excluding hydrogens is 306 g/mol. The summed E-state index contributed by atoms with van der Waals surface area (Å²) in [5.41, 5.74) is 1.37. The van der Waals surface area contributed by atoms with E-state index in [0.29, 0.717) is 18.9 Å². The number of nitrogens with one attached hydrogen (secondary N) is 1. The molecule has 130 valence electrons. The molecule has 1 N–H and O–H groups in total. The molecule has 0 aliphatic heterocycles. The molecule has 2 rings (SSSR count). The molecule has 0 aliphatic rings. The zero-order chi connectivity index (χ0) is 17.6. The van der Waals surface area contributed by atoms with Crippen LogP contribution in [-0.4, -0.2) is 26.2 Å². The van der Waals surface area contributed by atoms with E-state index in [4.69, 9.17) is 13.9 Å². The van der Waals surface area contributed by atoms with Gasteiger partial charge in [0.15, 0.2) is 5.76 Å². The fourth-order valence-corrected chi connectivity index (χ4v) is 2.14. The molecule has 0 aliphatic carbocycles. The molecule has 1 heterocycles. The van der Waals surface area contributed by atoms with Crippen LogP contribution in [0.15, 0.2) is 40.8 Å². The van der Waals surface area contributed by atoms with Gasteiger partial charge in [0.05, 0.1) is 6.61 Å². The molecule has 24 heavy (non-hydrogen) atoms. The van der Waals surface area contributed by atoms with Crippen molar-refractivity contribution >= 4 is 5.91 Å². The summed E-state index contributed by atoms with van der Waals surface area (Å²) in [6, 6.07) is 11.4. The first-order valence-electron chi connectivity index (χ1n) is 7.99. The van der Waals surface area contributed by atoms with Crippen LogP contribution in [0.5, 0.6) is 5.75 Å². The third-order valence-corrected chi connectivity index (χ3v) is 3.58. The lowest BCUT2D eigenvalue weighted by Gasteiger charge is -2.19. The second-order valence-corrected chi connectivity index (χ2v) is 6.58. The van der Waals surface area contributed by atoms with Crippen molar-refractivity contribution in [3.8, 4) is 5.75 Å². The molecule has 0 fully saturated rings. The van der Waals surface area contributed by atoms with E-state index < -0.39 is 0 Å². The molecule has 5 heteroatoms. The van der Waals surface area contributed by atoms with Crippen molar-refractivity contribution in [2.24, 2.45) is 0 Å². The topological polar surface area (TPSA) is 60.7 Å². The summed E-state index contributed by atoms with van der Waals surface area (Å²) in [4.78, 5) is 11.8. The van der Waals surface area contributed by atoms with Gasteiger partial charge in [-0.3, -0.25) is 4.79 Å². The smallest absolute Gasteiger partial charge is 0.287 e. The van der Waals surface area contributed by atoms with E-state index in [9.17, 15) is 4.79 Å². The molecule has 0 atom stereocenters. The summed E-state index contributed by atoms with van der Waals surface area (Å²) in [7, 11) is 1.59. The van der Waals surface area contributed by atoms with E-state index in [1.807, 2.05) is 12.1 Å². The highest BCUT2D eigenvalue weighted by Gasteiger charge is 2.13. The van der Waals surface area contributed by atoms with Crippen molar-refractivity contribution in [1.82, 2.24) is 5.32 Å². The van der Waals surface area contributed by atoms with Gasteiger partial charge in [-0.1, -0.05) is 32.9 Å². The van der Waals surface area contributed by atoms with Crippen LogP contribution in [0.3, 0.4) is 0 Å². The number of hydrogen-bond acceptors (Lipinski definition) is 4. The Hall–Kier alpha value is -2.27. The Balaban J connectivity index is 1.87. The van der Waals surface area contributed by atoms with Crippen molar-refractivity contribution in [1.29, 1.82) is 0 Å². The Morgan fingerprint density at radius 1 is 1.12 bits per heavy atom. The largest absolute Gasteiger partial charge is 0.486 e. The number of furan rings is 1. The number of benzene rings is 1. The molecule has 1 aromatic heterocycles. The van der Waals surface area contributed by atoms with Gasteiger partial charge in [-0.15, -0.1) is 0 Å². The molecule has 0 radical (unpaired) electrons. The number of hydrogen-bond donors (Lipinski definition) is 1. The van der Waals surface area contributed by atoms with Crippen LogP contribution in [-0.2, 0) is 16.8 Å². The van der Waals surface area contributed by atoms with Gasteiger partial charge in [0.1, 0.15) is 18.1 Å². The zero-order valence-electron chi connectivity index (χ0n) is 14.7. The summed E-state index contributed by atoms with van der Waals surface area (Å²) in [5.74, 6) is 1.39. The minimum Gasteiger partial charge on any atom is -0.486 e. The average Bonchev–Trinajstić information content (AvgIpc) is 3.02. The fraction of sp³-hybridized carbons (Fsp3) is 0.421. The molecule has 5 nitrogen and oxygen atoms in total. The van der Waals surface area contributed by atoms with Crippen LogP contribution in [0.4, 0.5) is 0 Å². The van der Waals surface area contributed by atoms with Gasteiger partial charge < -0.3 is 19.2 Å². The summed E-state index contributed by atoms with van der Waals surface area (Å²) < 4.78 is 16.1. The Bertz CT molecular complexity index is 653. The van der Waals surface area contributed by atoms with Crippen LogP contribution in [0.2, 0.25) is 0 Å². The molecule has 0 spiro atoms. The molecule has 0 saturated heterocycles. The second kappa shape index (κ2) is 8.02. The van der Waals surface area contributed by atoms with E-state index in [0.717, 1.165) is 5.75 Å². The molecule has 0 unspecified atom stereocenters. The molecular formula is C19H25NO4. The van der Waals surface area contributed by atoms with E-state index in [1.165, 1.54) is 5.56 Å². The third kappa shape index (κ3) is 5.13. The van der Waals surface area contributed by atoms with Gasteiger partial charge in [0.2, 0.25) is 0 Å². The normalized spacial score (nSPS) is 11.3. The predicted octanol–water partition coefficient (Wildman–Crippen LogP) is 3.53. The SMILES string of the molecule is COCCNC(=O)c1ccc(COc2ccc(C(C)(C)C)cc2)o1. The van der Waals surface area contributed by atoms with E-state index in [1.54, 1.807) is 19.2 Å². The van der Waals surface area contributed by atoms with E-state index >= 15 is 0 Å². The minimum atomic E-state index is -0.257. The quantitative estimate of drug-likeness (QED) is 0.789. The van der Waals surface area contributed by atoms with Crippen LogP contribution < -0.4 is 10.1 Å². The Kier molecular flexibility index (Phi) is 6.04. The van der Waals surface area contributed by atoms with Crippen molar-refractivity contribution in [3.05, 3.63) is 53.5 Å². The fourth-order valence-electron chi connectivity index (χ4n) is 2.14. The van der Waals surface area contributed by atoms with Gasteiger partial charge in [-0.2, -0.15) is 0 Å². The summed E-state index contributed by atoms with van der Waals surface area (Å²) in [6.07, 6.45) is 0. The molecule has 0 saturated carbocycles. The van der Waals surface area contributed by atoms with Crippen molar-refractivity contribution in [2.75, 3.05) is 20.3 Å². The first-order chi connectivity index (χ1) is 11.4. The van der Waals surface area contributed by atoms with Crippen LogP contribution in [0.25, 0.3) is 0 Å². The maximum absolute atomic E-state index is 11.8. The number of amides is 1. The second-order valence-electron chi connectivity index (χ2n) is 6.58. The Morgan fingerprint density at radius 2 is 1.83 bits per heavy atom. The third-order valence-electron chi connectivity index (χ3n) is 3.58. The lowest BCUT2D eigenvalue weighted by atomic mass is 9.87. The molecule has 0 bridgehead atoms. The van der Waals surface area contributed by atoms with Gasteiger partial charge in [-0.25, -0.2) is 0 Å². The van der Waals surface area contributed by atoms with E-state index in [2.05, 4.69) is 38.2 Å². The lowest BCUT2D eigenvalue weighted by Crippen LogP contribution is -2.26. The summed E-state index contributed by atoms with van der Waals surface area (Å²) in [5, 5.41) is 2.71. The first kappa shape index (κ1) is 18.1. The number of ether oxygens (including phenoxy) is 2. The standard InChI is InChI=1S/C19H25NO4/c1-19(2,3)14-5-7-15(8-6-14)23-13-16-9-10-17(24-16)18(21)20-11-12-22-4/h5-10H,11-13H2,1-4H3,(H,20,21). The van der Waals surface area contributed by atoms with Gasteiger partial charge in [-0.05, 0) is 35.2 Å². The first-order valence-corrected chi connectivity index (χ1v) is 7.99. The number of methoxy groups -OCH3 is 1. The zero-order valence-corrected chi connectivity index (χ0v) is 14.7. The minimum absolute atomic E-state index is 0.116. The number of carbonyl (C=O) groups is 1. The predicted molar refractivity (Wildman–Crippen MR) is 92.4 cm³/mol. The highest BCUT2D eigenvalue weighted by molar-refractivity contribution is 5.91. The highest BCUT2D eigenvalue weighted by Crippen LogP contribution is 2.24. The summed E-state index contributed by atoms with van der Waals surface area (Å²) >= 11 is 0. The van der Waals surface area contributed by atoms with Crippen molar-refractivity contribution < 1.29 is 18.7 Å². The Labute approximate surface area is 143 Å². The van der Waals surface area contributed by atoms with Gasteiger partial charge in [0, 0.05) is 13.7 Å². The number of carbonyl (C=O) groups excluding carboxylic acids is 1. The molecule has 1 aromatic carbocycles. The maximum Gasteiger partial charge on any atom is 0.287 e. The van der Waals surface area contributed by atoms with Gasteiger partial charge in [0.25, 0.3) is 5.91 Å². The van der Waals surface area contributed by atoms with E-state index in [-0.39, 0.29) is 23.7 Å². The van der Waals surface area contributed by atoms with Crippen molar-refractivity contribution in [2.45, 2.75) is 32.8 Å². The van der Waals surface area contributed by atoms with Crippen molar-refractivity contribution in [3.63, 3.8) is 0 Å². The average molecular weight is 331 g/mol. The number of rotatable bonds is 7. The lowest BCUT2D eigenvalue weighted by molar-refractivity contribution is 0.0905. The molecule has 1 amide bonds. The monoisotopic (exact) mass is 331 g/mol. The highest BCUT2D eigenvalue weighted by atomic mass is 16.5. The Morgan fingerprint density at radius 3 is 2.46 bits per heavy atom.